The Balaban J connectivity index is 2.66. The van der Waals surface area contributed by atoms with Crippen molar-refractivity contribution >= 4 is 11.9 Å². The largest absolute Gasteiger partial charge is 0.465 e. The third kappa shape index (κ3) is 2.42. The molecule has 0 bridgehead atoms. The first-order valence-electron chi connectivity index (χ1n) is 6.82. The average Bonchev–Trinajstić information content (AvgIpc) is 2.44. The van der Waals surface area contributed by atoms with Crippen LogP contribution in [0.2, 0.25) is 0 Å². The lowest BCUT2D eigenvalue weighted by Crippen LogP contribution is -2.22. The molecule has 2 atom stereocenters. The molecule has 0 saturated heterocycles. The Morgan fingerprint density at radius 3 is 2.35 bits per heavy atom. The molecule has 4 nitrogen and oxygen atoms in total. The first kappa shape index (κ1) is 14.6. The number of carbonyl (C=O) groups excluding carboxylic acids is 2. The van der Waals surface area contributed by atoms with Gasteiger partial charge in [-0.25, -0.2) is 9.59 Å². The first-order valence-corrected chi connectivity index (χ1v) is 6.82. The molecule has 0 N–H and O–H groups in total. The van der Waals surface area contributed by atoms with E-state index >= 15 is 0 Å². The van der Waals surface area contributed by atoms with Gasteiger partial charge in [-0.15, -0.1) is 0 Å². The summed E-state index contributed by atoms with van der Waals surface area (Å²) in [5.41, 5.74) is 2.73. The lowest BCUT2D eigenvalue weighted by molar-refractivity contribution is 0.0553. The Labute approximate surface area is 119 Å². The number of methoxy groups -OCH3 is 2. The molecule has 0 saturated carbocycles. The summed E-state index contributed by atoms with van der Waals surface area (Å²) in [7, 11) is 2.65. The molecule has 1 aromatic carbocycles. The Kier molecular flexibility index (Phi) is 4.12. The second-order valence-corrected chi connectivity index (χ2v) is 5.49. The van der Waals surface area contributed by atoms with Gasteiger partial charge >= 0.3 is 11.9 Å². The van der Waals surface area contributed by atoms with Crippen molar-refractivity contribution in [2.24, 2.45) is 5.92 Å². The molecule has 0 fully saturated rings. The van der Waals surface area contributed by atoms with E-state index in [0.29, 0.717) is 17.0 Å². The van der Waals surface area contributed by atoms with Gasteiger partial charge in [0.2, 0.25) is 0 Å². The number of ether oxygens (including phenoxy) is 2. The number of esters is 2. The fourth-order valence-electron chi connectivity index (χ4n) is 3.19. The van der Waals surface area contributed by atoms with Crippen LogP contribution in [0, 0.1) is 5.92 Å². The Morgan fingerprint density at radius 1 is 1.10 bits per heavy atom. The van der Waals surface area contributed by atoms with Gasteiger partial charge in [0.05, 0.1) is 25.3 Å². The highest BCUT2D eigenvalue weighted by atomic mass is 16.5. The van der Waals surface area contributed by atoms with Gasteiger partial charge in [0, 0.05) is 0 Å². The number of hydrogen-bond donors (Lipinski definition) is 0. The highest BCUT2D eigenvalue weighted by Crippen LogP contribution is 2.38. The van der Waals surface area contributed by atoms with Crippen LogP contribution in [0.15, 0.2) is 12.1 Å². The molecular weight excluding hydrogens is 256 g/mol. The molecule has 2 rings (SSSR count). The van der Waals surface area contributed by atoms with E-state index in [1.165, 1.54) is 14.2 Å². The molecule has 1 aliphatic rings. The summed E-state index contributed by atoms with van der Waals surface area (Å²) in [5, 5.41) is 0. The Bertz CT molecular complexity index is 548. The fourth-order valence-corrected chi connectivity index (χ4v) is 3.19. The summed E-state index contributed by atoms with van der Waals surface area (Å²) in [4.78, 5) is 24.0. The molecule has 0 aromatic heterocycles. The summed E-state index contributed by atoms with van der Waals surface area (Å²) in [6, 6.07) is 3.60. The van der Waals surface area contributed by atoms with Crippen molar-refractivity contribution in [3.05, 3.63) is 34.4 Å². The molecule has 0 aliphatic heterocycles. The monoisotopic (exact) mass is 276 g/mol. The third-order valence-corrected chi connectivity index (χ3v) is 3.95. The number of fused-ring (bicyclic) bond motifs is 1. The van der Waals surface area contributed by atoms with E-state index in [1.54, 1.807) is 6.07 Å². The third-order valence-electron chi connectivity index (χ3n) is 3.95. The second kappa shape index (κ2) is 5.65. The van der Waals surface area contributed by atoms with Gasteiger partial charge in [-0.2, -0.15) is 0 Å². The van der Waals surface area contributed by atoms with Gasteiger partial charge in [0.25, 0.3) is 0 Å². The molecule has 1 aromatic rings. The van der Waals surface area contributed by atoms with E-state index < -0.39 is 11.9 Å². The van der Waals surface area contributed by atoms with E-state index in [2.05, 4.69) is 13.8 Å². The molecule has 4 heteroatoms. The molecule has 108 valence electrons. The Morgan fingerprint density at radius 2 is 1.75 bits per heavy atom. The number of carbonyl (C=O) groups is 2. The van der Waals surface area contributed by atoms with E-state index in [0.717, 1.165) is 24.0 Å². The molecular formula is C16H20O4. The smallest absolute Gasteiger partial charge is 0.339 e. The minimum absolute atomic E-state index is 0.229. The van der Waals surface area contributed by atoms with Crippen molar-refractivity contribution in [2.75, 3.05) is 14.2 Å². The van der Waals surface area contributed by atoms with Crippen LogP contribution in [-0.2, 0) is 15.9 Å². The zero-order valence-electron chi connectivity index (χ0n) is 12.4. The summed E-state index contributed by atoms with van der Waals surface area (Å²) in [6.45, 7) is 4.29. The van der Waals surface area contributed by atoms with Crippen LogP contribution in [-0.4, -0.2) is 26.2 Å². The molecule has 1 aliphatic carbocycles. The lowest BCUT2D eigenvalue weighted by Gasteiger charge is -2.29. The predicted octanol–water partition coefficient (Wildman–Crippen LogP) is 2.95. The average molecular weight is 276 g/mol. The zero-order valence-corrected chi connectivity index (χ0v) is 12.4. The van der Waals surface area contributed by atoms with Crippen molar-refractivity contribution in [3.63, 3.8) is 0 Å². The summed E-state index contributed by atoms with van der Waals surface area (Å²) in [5.74, 6) is -0.165. The SMILES string of the molecule is COC(=O)c1ccc2c(c1C(=O)OC)[C@H](C)C[C@H](C)C2. The molecule has 0 spiro atoms. The quantitative estimate of drug-likeness (QED) is 0.779. The van der Waals surface area contributed by atoms with E-state index in [-0.39, 0.29) is 5.92 Å². The standard InChI is InChI=1S/C16H20O4/c1-9-7-10(2)13-11(8-9)5-6-12(15(17)19-3)14(13)16(18)20-4/h5-6,9-10H,7-8H2,1-4H3/t9-,10+/m0/s1. The van der Waals surface area contributed by atoms with Crippen LogP contribution in [0.1, 0.15) is 58.0 Å². The normalized spacial score (nSPS) is 21.0. The minimum Gasteiger partial charge on any atom is -0.465 e. The maximum atomic E-state index is 12.1. The molecule has 0 heterocycles. The van der Waals surface area contributed by atoms with Crippen molar-refractivity contribution in [1.82, 2.24) is 0 Å². The highest BCUT2D eigenvalue weighted by Gasteiger charge is 2.31. The maximum absolute atomic E-state index is 12.1. The van der Waals surface area contributed by atoms with Gasteiger partial charge in [0.1, 0.15) is 0 Å². The van der Waals surface area contributed by atoms with Crippen LogP contribution < -0.4 is 0 Å². The summed E-state index contributed by atoms with van der Waals surface area (Å²) >= 11 is 0. The van der Waals surface area contributed by atoms with Crippen LogP contribution in [0.25, 0.3) is 0 Å². The van der Waals surface area contributed by atoms with E-state index in [4.69, 9.17) is 9.47 Å². The molecule has 0 radical (unpaired) electrons. The van der Waals surface area contributed by atoms with Gasteiger partial charge in [-0.3, -0.25) is 0 Å². The maximum Gasteiger partial charge on any atom is 0.339 e. The van der Waals surface area contributed by atoms with E-state index in [9.17, 15) is 9.59 Å². The zero-order chi connectivity index (χ0) is 14.9. The number of benzene rings is 1. The number of hydrogen-bond acceptors (Lipinski definition) is 4. The van der Waals surface area contributed by atoms with Crippen molar-refractivity contribution < 1.29 is 19.1 Å². The Hall–Kier alpha value is -1.84. The van der Waals surface area contributed by atoms with Crippen molar-refractivity contribution in [1.29, 1.82) is 0 Å². The summed E-state index contributed by atoms with van der Waals surface area (Å²) in [6.07, 6.45) is 1.92. The number of rotatable bonds is 2. The minimum atomic E-state index is -0.501. The van der Waals surface area contributed by atoms with Crippen LogP contribution >= 0.6 is 0 Å². The highest BCUT2D eigenvalue weighted by molar-refractivity contribution is 6.04. The molecule has 0 unspecified atom stereocenters. The summed E-state index contributed by atoms with van der Waals surface area (Å²) < 4.78 is 9.64. The molecule has 0 amide bonds. The lowest BCUT2D eigenvalue weighted by atomic mass is 9.75. The first-order chi connectivity index (χ1) is 9.49. The van der Waals surface area contributed by atoms with Crippen LogP contribution in [0.3, 0.4) is 0 Å². The van der Waals surface area contributed by atoms with Gasteiger partial charge in [-0.1, -0.05) is 19.9 Å². The second-order valence-electron chi connectivity index (χ2n) is 5.49. The van der Waals surface area contributed by atoms with Crippen LogP contribution in [0.5, 0.6) is 0 Å². The predicted molar refractivity (Wildman–Crippen MR) is 75.0 cm³/mol. The topological polar surface area (TPSA) is 52.6 Å². The van der Waals surface area contributed by atoms with Crippen molar-refractivity contribution in [2.45, 2.75) is 32.6 Å². The van der Waals surface area contributed by atoms with Gasteiger partial charge in [-0.05, 0) is 41.9 Å². The van der Waals surface area contributed by atoms with Crippen LogP contribution in [0.4, 0.5) is 0 Å². The van der Waals surface area contributed by atoms with Gasteiger partial charge in [0.15, 0.2) is 0 Å². The van der Waals surface area contributed by atoms with Crippen molar-refractivity contribution in [3.8, 4) is 0 Å². The molecule has 20 heavy (non-hydrogen) atoms. The van der Waals surface area contributed by atoms with Gasteiger partial charge < -0.3 is 9.47 Å². The van der Waals surface area contributed by atoms with E-state index in [1.807, 2.05) is 6.07 Å². The fraction of sp³-hybridized carbons (Fsp3) is 0.500.